The van der Waals surface area contributed by atoms with Gasteiger partial charge in [0.15, 0.2) is 0 Å². The molecule has 3 aliphatic carbocycles. The number of carbonyl (C=O) groups is 1. The van der Waals surface area contributed by atoms with Crippen LogP contribution in [0.25, 0.3) is 0 Å². The van der Waals surface area contributed by atoms with Crippen molar-refractivity contribution in [1.82, 2.24) is 0 Å². The first kappa shape index (κ1) is 43.9. The van der Waals surface area contributed by atoms with Gasteiger partial charge in [0.2, 0.25) is 6.79 Å². The Kier molecular flexibility index (Phi) is 15.7. The number of benzene rings is 1. The van der Waals surface area contributed by atoms with Crippen LogP contribution in [0.2, 0.25) is 0 Å². The highest BCUT2D eigenvalue weighted by Gasteiger charge is 2.57. The summed E-state index contributed by atoms with van der Waals surface area (Å²) in [7, 11) is -6.02. The number of aliphatic hydroxyl groups excluding tert-OH is 1. The summed E-state index contributed by atoms with van der Waals surface area (Å²) in [5, 5.41) is 11.0. The lowest BCUT2D eigenvalue weighted by Gasteiger charge is -2.53. The molecule has 0 aliphatic heterocycles. The van der Waals surface area contributed by atoms with Crippen LogP contribution in [0, 0.1) is 23.2 Å². The van der Waals surface area contributed by atoms with Crippen molar-refractivity contribution in [2.45, 2.75) is 147 Å². The average molecular weight is 803 g/mol. The lowest BCUT2D eigenvalue weighted by molar-refractivity contribution is -0.284. The fourth-order valence-corrected chi connectivity index (χ4v) is 10.7. The van der Waals surface area contributed by atoms with Gasteiger partial charge in [-0.15, -0.1) is 0 Å². The molecule has 2 fully saturated rings. The SMILES string of the molecule is CC(C)OC(=O)OCOP(=O)(O)Oc1ccc2c(c1)C[C@@H](CCCCCCCCCS(=O)CCCC(F)(F)C(F)(F)F)[C@@H]1C2CC[C@]2(C)[C@@H](O)CC[C@@H]12. The molecule has 4 rings (SSSR count). The number of fused-ring (bicyclic) bond motifs is 5. The van der Waals surface area contributed by atoms with Gasteiger partial charge in [-0.1, -0.05) is 51.5 Å². The normalized spacial score (nSPS) is 27.3. The third kappa shape index (κ3) is 12.1. The van der Waals surface area contributed by atoms with Gasteiger partial charge in [-0.2, -0.15) is 22.0 Å². The molecule has 0 amide bonds. The Balaban J connectivity index is 1.26. The van der Waals surface area contributed by atoms with Crippen LogP contribution < -0.4 is 4.52 Å². The van der Waals surface area contributed by atoms with E-state index in [0.29, 0.717) is 35.8 Å². The molecular formula is C37H56F5O9PS. The van der Waals surface area contributed by atoms with Crippen LogP contribution in [-0.4, -0.2) is 63.0 Å². The highest BCUT2D eigenvalue weighted by Crippen LogP contribution is 2.63. The number of alkyl halides is 5. The van der Waals surface area contributed by atoms with Crippen molar-refractivity contribution in [2.75, 3.05) is 18.3 Å². The Hall–Kier alpha value is -1.80. The van der Waals surface area contributed by atoms with Crippen LogP contribution in [0.3, 0.4) is 0 Å². The molecule has 0 heterocycles. The highest BCUT2D eigenvalue weighted by molar-refractivity contribution is 7.84. The van der Waals surface area contributed by atoms with Crippen molar-refractivity contribution in [1.29, 1.82) is 0 Å². The molecule has 16 heteroatoms. The topological polar surface area (TPSA) is 129 Å². The van der Waals surface area contributed by atoms with E-state index in [1.54, 1.807) is 26.0 Å². The van der Waals surface area contributed by atoms with Crippen LogP contribution in [0.5, 0.6) is 5.75 Å². The second kappa shape index (κ2) is 18.9. The number of carbonyl (C=O) groups excluding carboxylic acids is 1. The minimum atomic E-state index is -5.58. The van der Waals surface area contributed by atoms with Gasteiger partial charge in [0.1, 0.15) is 5.75 Å². The molecule has 53 heavy (non-hydrogen) atoms. The molecule has 304 valence electrons. The van der Waals surface area contributed by atoms with Crippen molar-refractivity contribution >= 4 is 24.8 Å². The molecule has 0 aromatic heterocycles. The fraction of sp³-hybridized carbons (Fsp3) is 0.811. The van der Waals surface area contributed by atoms with Crippen LogP contribution in [0.1, 0.15) is 128 Å². The Morgan fingerprint density at radius 3 is 2.34 bits per heavy atom. The second-order valence-corrected chi connectivity index (χ2v) is 18.6. The molecule has 3 unspecified atom stereocenters. The van der Waals surface area contributed by atoms with Crippen molar-refractivity contribution in [3.63, 3.8) is 0 Å². The maximum Gasteiger partial charge on any atom is 0.530 e. The van der Waals surface area contributed by atoms with Crippen LogP contribution >= 0.6 is 7.82 Å². The predicted octanol–water partition coefficient (Wildman–Crippen LogP) is 9.99. The highest BCUT2D eigenvalue weighted by atomic mass is 32.2. The van der Waals surface area contributed by atoms with Crippen LogP contribution in [-0.2, 0) is 35.8 Å². The first-order valence-electron chi connectivity index (χ1n) is 18.9. The monoisotopic (exact) mass is 802 g/mol. The van der Waals surface area contributed by atoms with E-state index in [4.69, 9.17) is 13.8 Å². The number of aliphatic hydroxyl groups is 1. The molecule has 1 aromatic carbocycles. The third-order valence-corrected chi connectivity index (χ3v) is 13.9. The van der Waals surface area contributed by atoms with Crippen molar-refractivity contribution in [3.8, 4) is 5.75 Å². The minimum absolute atomic E-state index is 0.109. The summed E-state index contributed by atoms with van der Waals surface area (Å²) in [6, 6.07) is 5.46. The zero-order chi connectivity index (χ0) is 39.0. The third-order valence-electron chi connectivity index (χ3n) is 11.5. The Morgan fingerprint density at radius 1 is 1.00 bits per heavy atom. The number of hydrogen-bond acceptors (Lipinski definition) is 8. The van der Waals surface area contributed by atoms with E-state index in [0.717, 1.165) is 82.6 Å². The molecule has 3 aliphatic rings. The molecule has 1 aromatic rings. The van der Waals surface area contributed by atoms with Crippen LogP contribution in [0.4, 0.5) is 26.7 Å². The fourth-order valence-electron chi connectivity index (χ4n) is 8.86. The van der Waals surface area contributed by atoms with Crippen molar-refractivity contribution in [2.24, 2.45) is 23.2 Å². The van der Waals surface area contributed by atoms with E-state index < -0.39 is 62.6 Å². The summed E-state index contributed by atoms with van der Waals surface area (Å²) >= 11 is 0. The van der Waals surface area contributed by atoms with Gasteiger partial charge in [-0.3, -0.25) is 9.10 Å². The van der Waals surface area contributed by atoms with Crippen molar-refractivity contribution < 1.29 is 64.0 Å². The molecule has 8 atom stereocenters. The first-order chi connectivity index (χ1) is 24.8. The lowest BCUT2D eigenvalue weighted by Crippen LogP contribution is -2.47. The average Bonchev–Trinajstić information content (AvgIpc) is 3.36. The van der Waals surface area contributed by atoms with Gasteiger partial charge in [0.05, 0.1) is 12.2 Å². The summed E-state index contributed by atoms with van der Waals surface area (Å²) in [5.41, 5.74) is 2.18. The van der Waals surface area contributed by atoms with Gasteiger partial charge < -0.3 is 19.1 Å². The molecular weight excluding hydrogens is 746 g/mol. The zero-order valence-electron chi connectivity index (χ0n) is 30.9. The number of ether oxygens (including phenoxy) is 2. The number of phosphoric acid groups is 1. The molecule has 2 N–H and O–H groups in total. The maximum atomic E-state index is 13.0. The first-order valence-corrected chi connectivity index (χ1v) is 21.9. The summed E-state index contributed by atoms with van der Waals surface area (Å²) in [4.78, 5) is 21.9. The molecule has 2 saturated carbocycles. The minimum Gasteiger partial charge on any atom is -0.432 e. The van der Waals surface area contributed by atoms with Gasteiger partial charge in [-0.05, 0) is 118 Å². The number of rotatable bonds is 20. The molecule has 0 spiro atoms. The number of hydrogen-bond donors (Lipinski definition) is 2. The van der Waals surface area contributed by atoms with Gasteiger partial charge in [-0.25, -0.2) is 13.9 Å². The van der Waals surface area contributed by atoms with E-state index >= 15 is 0 Å². The van der Waals surface area contributed by atoms with E-state index in [1.165, 1.54) is 5.56 Å². The Bertz CT molecular complexity index is 1430. The summed E-state index contributed by atoms with van der Waals surface area (Å²) in [6.07, 6.45) is 2.83. The second-order valence-electron chi connectivity index (χ2n) is 15.5. The predicted molar refractivity (Wildman–Crippen MR) is 190 cm³/mol. The summed E-state index contributed by atoms with van der Waals surface area (Å²) in [6.45, 7) is 4.69. The van der Waals surface area contributed by atoms with Gasteiger partial charge in [0, 0.05) is 28.7 Å². The van der Waals surface area contributed by atoms with Crippen molar-refractivity contribution in [3.05, 3.63) is 29.3 Å². The summed E-state index contributed by atoms with van der Waals surface area (Å²) < 4.78 is 107. The lowest BCUT2D eigenvalue weighted by atomic mass is 9.52. The molecule has 0 saturated heterocycles. The van der Waals surface area contributed by atoms with E-state index in [1.807, 2.05) is 6.07 Å². The Labute approximate surface area is 312 Å². The van der Waals surface area contributed by atoms with E-state index in [-0.39, 0.29) is 23.0 Å². The molecule has 0 radical (unpaired) electrons. The number of unbranched alkanes of at least 4 members (excludes halogenated alkanes) is 6. The standard InChI is InChI=1S/C37H56F5O9PS/c1-25(2)50-34(44)48-24-49-52(45,46)51-28-13-14-29-27(23-28)22-26(33-30(29)17-19-35(3)31(33)15-16-32(35)43)12-9-7-5-4-6-8-10-20-53(47)21-11-18-36(38,39)37(40,41)42/h13-14,23,25-26,30-33,43H,4-12,15-22,24H2,1-3H3,(H,45,46)/t26-,30?,31+,32+,33-,35+,53?/m1/s1. The number of halogens is 5. The van der Waals surface area contributed by atoms with Gasteiger partial charge in [0.25, 0.3) is 0 Å². The number of phosphoric ester groups is 1. The smallest absolute Gasteiger partial charge is 0.432 e. The zero-order valence-corrected chi connectivity index (χ0v) is 32.6. The summed E-state index contributed by atoms with van der Waals surface area (Å²) in [5.74, 6) is -2.92. The van der Waals surface area contributed by atoms with E-state index in [9.17, 15) is 45.5 Å². The maximum absolute atomic E-state index is 13.0. The van der Waals surface area contributed by atoms with Gasteiger partial charge >= 0.3 is 26.1 Å². The largest absolute Gasteiger partial charge is 0.530 e. The molecule has 0 bridgehead atoms. The molecule has 9 nitrogen and oxygen atoms in total. The Morgan fingerprint density at radius 2 is 1.66 bits per heavy atom. The van der Waals surface area contributed by atoms with E-state index in [2.05, 4.69) is 11.7 Å². The van der Waals surface area contributed by atoms with Crippen LogP contribution in [0.15, 0.2) is 18.2 Å². The quantitative estimate of drug-likeness (QED) is 0.0435.